The molecule has 0 spiro atoms. The van der Waals surface area contributed by atoms with Crippen molar-refractivity contribution in [3.63, 3.8) is 0 Å². The van der Waals surface area contributed by atoms with Crippen LogP contribution in [0.25, 0.3) is 0 Å². The van der Waals surface area contributed by atoms with Crippen LogP contribution in [0.3, 0.4) is 0 Å². The van der Waals surface area contributed by atoms with Crippen molar-refractivity contribution < 1.29 is 25.3 Å². The minimum absolute atomic E-state index is 0.277. The fraction of sp³-hybridized carbons (Fsp3) is 0.714. The zero-order valence-electron chi connectivity index (χ0n) is 10.9. The summed E-state index contributed by atoms with van der Waals surface area (Å²) in [6.45, 7) is -1.99. The summed E-state index contributed by atoms with van der Waals surface area (Å²) >= 11 is 0.277. The van der Waals surface area contributed by atoms with Gasteiger partial charge >= 0.3 is 5.97 Å². The van der Waals surface area contributed by atoms with Crippen molar-refractivity contribution in [2.45, 2.75) is 13.0 Å². The number of nitrogens with one attached hydrogen (secondary N) is 1. The molecule has 76 valence electrons. The lowest BCUT2D eigenvalue weighted by atomic mass is 10.3. The quantitative estimate of drug-likeness (QED) is 0.541. The molecule has 0 aliphatic heterocycles. The monoisotopic (exact) mass is 211 g/mol. The summed E-state index contributed by atoms with van der Waals surface area (Å²) in [6.07, 6.45) is 0. The molecule has 0 radical (unpaired) electrons. The van der Waals surface area contributed by atoms with Crippen LogP contribution in [0, 0.1) is 0 Å². The van der Waals surface area contributed by atoms with Gasteiger partial charge in [-0.1, -0.05) is 0 Å². The van der Waals surface area contributed by atoms with Crippen LogP contribution in [0.5, 0.6) is 0 Å². The predicted octanol–water partition coefficient (Wildman–Crippen LogP) is -0.699. The number of aliphatic carboxylic acids is 1. The highest BCUT2D eigenvalue weighted by Gasteiger charge is 2.17. The molecular weight excluding hydrogens is 194 g/mol. The Morgan fingerprint density at radius 1 is 1.69 bits per heavy atom. The van der Waals surface area contributed by atoms with Gasteiger partial charge in [-0.3, -0.25) is 4.79 Å². The Morgan fingerprint density at radius 2 is 2.31 bits per heavy atom. The van der Waals surface area contributed by atoms with Gasteiger partial charge in [-0.05, 0) is 0 Å². The Morgan fingerprint density at radius 3 is 2.69 bits per heavy atom. The molecule has 0 unspecified atom stereocenters. The van der Waals surface area contributed by atoms with Crippen LogP contribution in [0.2, 0.25) is 0 Å². The fourth-order valence-electron chi connectivity index (χ4n) is 0.577. The zero-order chi connectivity index (χ0) is 13.9. The van der Waals surface area contributed by atoms with Gasteiger partial charge in [-0.15, -0.1) is 0 Å². The van der Waals surface area contributed by atoms with E-state index in [-0.39, 0.29) is 11.8 Å². The number of rotatable bonds is 6. The molecule has 0 heterocycles. The standard InChI is InChI=1S/C7H13NO4S/c1-5(10)8-6(7(11)12)4-13-3-2-9/h6,9H,2-4H2,1H3,(H,8,10)(H,11,12)/t6-/m1/s1/i2D2,3D2. The van der Waals surface area contributed by atoms with E-state index in [1.54, 1.807) is 0 Å². The van der Waals surface area contributed by atoms with Crippen LogP contribution >= 0.6 is 11.8 Å². The summed E-state index contributed by atoms with van der Waals surface area (Å²) in [7, 11) is 0. The van der Waals surface area contributed by atoms with Crippen molar-refractivity contribution in [3.8, 4) is 0 Å². The molecule has 0 bridgehead atoms. The number of hydrogen-bond acceptors (Lipinski definition) is 4. The van der Waals surface area contributed by atoms with Gasteiger partial charge in [0.05, 0.1) is 9.30 Å². The SMILES string of the molecule is [2H]C([2H])(O)C([2H])([2H])SC[C@@H](NC(C)=O)C(=O)O. The molecule has 0 aromatic rings. The number of thioether (sulfide) groups is 1. The van der Waals surface area contributed by atoms with Gasteiger partial charge in [0.2, 0.25) is 5.91 Å². The maximum atomic E-state index is 10.7. The third-order valence-electron chi connectivity index (χ3n) is 1.04. The van der Waals surface area contributed by atoms with Crippen LogP contribution < -0.4 is 5.32 Å². The Labute approximate surface area is 86.1 Å². The van der Waals surface area contributed by atoms with Crippen molar-refractivity contribution in [2.75, 3.05) is 18.0 Å². The molecular formula is C7H13NO4S. The van der Waals surface area contributed by atoms with E-state index in [2.05, 4.69) is 5.32 Å². The highest BCUT2D eigenvalue weighted by Crippen LogP contribution is 2.02. The number of carbonyl (C=O) groups is 2. The van der Waals surface area contributed by atoms with Crippen molar-refractivity contribution in [3.05, 3.63) is 0 Å². The zero-order valence-corrected chi connectivity index (χ0v) is 7.72. The lowest BCUT2D eigenvalue weighted by molar-refractivity contribution is -0.140. The van der Waals surface area contributed by atoms with Crippen LogP contribution in [0.4, 0.5) is 0 Å². The molecule has 0 aromatic carbocycles. The second-order valence-electron chi connectivity index (χ2n) is 2.12. The van der Waals surface area contributed by atoms with E-state index in [1.807, 2.05) is 0 Å². The number of amides is 1. The maximum absolute atomic E-state index is 10.7. The average molecular weight is 211 g/mol. The summed E-state index contributed by atoms with van der Waals surface area (Å²) in [5.74, 6) is -2.35. The Bertz CT molecular complexity index is 307. The minimum Gasteiger partial charge on any atom is -0.480 e. The van der Waals surface area contributed by atoms with Crippen molar-refractivity contribution >= 4 is 23.6 Å². The van der Waals surface area contributed by atoms with E-state index in [0.717, 1.165) is 6.92 Å². The van der Waals surface area contributed by atoms with E-state index in [0.29, 0.717) is 0 Å². The van der Waals surface area contributed by atoms with Gasteiger partial charge in [-0.25, -0.2) is 4.79 Å². The van der Waals surface area contributed by atoms with Gasteiger partial charge in [0.1, 0.15) is 6.04 Å². The first-order valence-electron chi connectivity index (χ1n) is 5.33. The van der Waals surface area contributed by atoms with Crippen LogP contribution in [0.15, 0.2) is 0 Å². The molecule has 0 aromatic heterocycles. The molecule has 1 amide bonds. The Kier molecular flexibility index (Phi) is 3.45. The van der Waals surface area contributed by atoms with Crippen molar-refractivity contribution in [1.82, 2.24) is 5.32 Å². The number of carbonyl (C=O) groups excluding carboxylic acids is 1. The average Bonchev–Trinajstić information content (AvgIpc) is 2.09. The molecule has 5 nitrogen and oxygen atoms in total. The Balaban J connectivity index is 4.51. The second kappa shape index (κ2) is 6.73. The molecule has 0 fully saturated rings. The molecule has 3 N–H and O–H groups in total. The third-order valence-corrected chi connectivity index (χ3v) is 1.78. The molecule has 1 atom stereocenters. The van der Waals surface area contributed by atoms with Gasteiger partial charge in [0, 0.05) is 21.1 Å². The lowest BCUT2D eigenvalue weighted by Crippen LogP contribution is -2.41. The molecule has 13 heavy (non-hydrogen) atoms. The number of carboxylic acids is 1. The molecule has 0 saturated carbocycles. The molecule has 0 rings (SSSR count). The Hall–Kier alpha value is -0.750. The third kappa shape index (κ3) is 6.41. The highest BCUT2D eigenvalue weighted by molar-refractivity contribution is 7.99. The molecule has 0 aliphatic rings. The van der Waals surface area contributed by atoms with E-state index < -0.39 is 35.9 Å². The predicted molar refractivity (Wildman–Crippen MR) is 49.7 cm³/mol. The highest BCUT2D eigenvalue weighted by atomic mass is 32.2. The van der Waals surface area contributed by atoms with Crippen LogP contribution in [-0.4, -0.2) is 46.1 Å². The molecule has 0 saturated heterocycles. The minimum atomic E-state index is -3.10. The summed E-state index contributed by atoms with van der Waals surface area (Å²) in [6, 6.07) is -1.34. The largest absolute Gasteiger partial charge is 0.480 e. The van der Waals surface area contributed by atoms with Gasteiger partial charge in [0.15, 0.2) is 0 Å². The lowest BCUT2D eigenvalue weighted by Gasteiger charge is -2.11. The van der Waals surface area contributed by atoms with Gasteiger partial charge < -0.3 is 15.5 Å². The van der Waals surface area contributed by atoms with Crippen LogP contribution in [0.1, 0.15) is 12.4 Å². The number of hydrogen-bond donors (Lipinski definition) is 3. The summed E-state index contributed by atoms with van der Waals surface area (Å²) in [5.41, 5.74) is -2.67. The smallest absolute Gasteiger partial charge is 0.327 e. The summed E-state index contributed by atoms with van der Waals surface area (Å²) in [5, 5.41) is 19.7. The normalized spacial score (nSPS) is 18.9. The summed E-state index contributed by atoms with van der Waals surface area (Å²) in [4.78, 5) is 21.4. The second-order valence-corrected chi connectivity index (χ2v) is 2.94. The molecule has 0 aliphatic carbocycles. The van der Waals surface area contributed by atoms with Crippen LogP contribution in [-0.2, 0) is 9.59 Å². The first kappa shape index (κ1) is 6.67. The molecule has 6 heteroatoms. The number of carboxylic acid groups (broad SMARTS) is 1. The fourth-order valence-corrected chi connectivity index (χ4v) is 1.12. The first-order chi connectivity index (χ1) is 7.47. The van der Waals surface area contributed by atoms with E-state index in [4.69, 9.17) is 15.7 Å². The van der Waals surface area contributed by atoms with E-state index >= 15 is 0 Å². The topological polar surface area (TPSA) is 86.6 Å². The van der Waals surface area contributed by atoms with Crippen molar-refractivity contribution in [2.24, 2.45) is 0 Å². The van der Waals surface area contributed by atoms with E-state index in [9.17, 15) is 9.59 Å². The summed E-state index contributed by atoms with van der Waals surface area (Å²) < 4.78 is 28.0. The van der Waals surface area contributed by atoms with Gasteiger partial charge in [-0.2, -0.15) is 11.8 Å². The van der Waals surface area contributed by atoms with Gasteiger partial charge in [0.25, 0.3) is 0 Å². The maximum Gasteiger partial charge on any atom is 0.327 e. The van der Waals surface area contributed by atoms with E-state index in [1.165, 1.54) is 0 Å². The number of aliphatic hydroxyl groups is 1. The van der Waals surface area contributed by atoms with Crippen molar-refractivity contribution in [1.29, 1.82) is 0 Å². The first-order valence-corrected chi connectivity index (χ1v) is 4.32.